The maximum atomic E-state index is 3.05. The molecule has 0 spiro atoms. The van der Waals surface area contributed by atoms with Gasteiger partial charge in [-0.25, -0.2) is 0 Å². The van der Waals surface area contributed by atoms with Gasteiger partial charge in [-0.05, 0) is 18.9 Å². The van der Waals surface area contributed by atoms with Gasteiger partial charge in [0.15, 0.2) is 0 Å². The summed E-state index contributed by atoms with van der Waals surface area (Å²) < 4.78 is 0. The molecule has 0 aromatic rings. The van der Waals surface area contributed by atoms with Crippen LogP contribution in [-0.2, 0) is 0 Å². The van der Waals surface area contributed by atoms with E-state index in [1.165, 1.54) is 0 Å². The topological polar surface area (TPSA) is 15.3 Å². The monoisotopic (exact) mass is 116 g/mol. The molecule has 0 fully saturated rings. The fraction of sp³-hybridized carbons (Fsp3) is 0.500. The molecule has 0 aliphatic carbocycles. The molecule has 1 N–H and O–H groups in total. The number of nitrogens with zero attached hydrogens (tertiary/aromatic N) is 1. The largest absolute Gasteiger partial charge is 0.305 e. The molecule has 0 unspecified atom stereocenters. The van der Waals surface area contributed by atoms with E-state index in [0.29, 0.717) is 0 Å². The predicted molar refractivity (Wildman–Crippen MR) is 32.2 cm³/mol. The highest BCUT2D eigenvalue weighted by Gasteiger charge is 1.96. The summed E-state index contributed by atoms with van der Waals surface area (Å²) in [6.07, 6.45) is 2.02. The standard InChI is InChI=1S/C4H8N2S/c1-2-6-3-4-7-5-6/h3-5H,2H2,1H3. The van der Waals surface area contributed by atoms with Crippen molar-refractivity contribution in [1.29, 1.82) is 0 Å². The number of rotatable bonds is 1. The third-order valence-electron chi connectivity index (χ3n) is 0.819. The fourth-order valence-corrected chi connectivity index (χ4v) is 0.996. The van der Waals surface area contributed by atoms with Gasteiger partial charge in [0, 0.05) is 18.2 Å². The molecule has 1 rings (SSSR count). The van der Waals surface area contributed by atoms with E-state index in [4.69, 9.17) is 0 Å². The minimum atomic E-state index is 1.03. The van der Waals surface area contributed by atoms with E-state index in [-0.39, 0.29) is 0 Å². The summed E-state index contributed by atoms with van der Waals surface area (Å²) in [5.41, 5.74) is 0. The first-order valence-corrected chi connectivity index (χ1v) is 3.16. The van der Waals surface area contributed by atoms with Crippen molar-refractivity contribution in [3.8, 4) is 0 Å². The summed E-state index contributed by atoms with van der Waals surface area (Å²) in [6.45, 7) is 3.13. The zero-order valence-corrected chi connectivity index (χ0v) is 5.03. The molecule has 1 aliphatic rings. The van der Waals surface area contributed by atoms with Crippen LogP contribution in [-0.4, -0.2) is 11.6 Å². The molecule has 0 amide bonds. The Morgan fingerprint density at radius 3 is 3.00 bits per heavy atom. The molecular formula is C4H8N2S. The van der Waals surface area contributed by atoms with Crippen LogP contribution in [0, 0.1) is 0 Å². The van der Waals surface area contributed by atoms with Gasteiger partial charge in [0.2, 0.25) is 0 Å². The first kappa shape index (κ1) is 5.00. The van der Waals surface area contributed by atoms with Crippen molar-refractivity contribution in [1.82, 2.24) is 9.84 Å². The van der Waals surface area contributed by atoms with E-state index >= 15 is 0 Å². The van der Waals surface area contributed by atoms with Gasteiger partial charge >= 0.3 is 0 Å². The molecule has 0 atom stereocenters. The van der Waals surface area contributed by atoms with E-state index < -0.39 is 0 Å². The van der Waals surface area contributed by atoms with Crippen molar-refractivity contribution in [3.05, 3.63) is 11.6 Å². The highest BCUT2D eigenvalue weighted by molar-refractivity contribution is 8.00. The quantitative estimate of drug-likeness (QED) is 0.513. The minimum Gasteiger partial charge on any atom is -0.305 e. The van der Waals surface area contributed by atoms with Gasteiger partial charge in [-0.2, -0.15) is 4.83 Å². The number of hydrogen-bond acceptors (Lipinski definition) is 3. The second-order valence-corrected chi connectivity index (χ2v) is 1.97. The molecule has 0 aromatic heterocycles. The summed E-state index contributed by atoms with van der Waals surface area (Å²) in [5.74, 6) is 0. The normalized spacial score (nSPS) is 18.7. The Balaban J connectivity index is 2.28. The Morgan fingerprint density at radius 2 is 2.71 bits per heavy atom. The number of hydrogen-bond donors (Lipinski definition) is 1. The number of nitrogens with one attached hydrogen (secondary N) is 1. The molecule has 3 heteroatoms. The second kappa shape index (κ2) is 2.23. The van der Waals surface area contributed by atoms with Crippen molar-refractivity contribution >= 4 is 11.9 Å². The molecule has 0 bridgehead atoms. The van der Waals surface area contributed by atoms with Crippen molar-refractivity contribution < 1.29 is 0 Å². The van der Waals surface area contributed by atoms with Crippen molar-refractivity contribution in [2.24, 2.45) is 0 Å². The summed E-state index contributed by atoms with van der Waals surface area (Å²) >= 11 is 1.60. The molecule has 1 aliphatic heterocycles. The van der Waals surface area contributed by atoms with Crippen LogP contribution in [0.4, 0.5) is 0 Å². The SMILES string of the molecule is CCN1C=CSN1. The predicted octanol–water partition coefficient (Wildman–Crippen LogP) is 0.946. The summed E-state index contributed by atoms with van der Waals surface area (Å²) in [5, 5.41) is 4.04. The Morgan fingerprint density at radius 1 is 1.86 bits per heavy atom. The molecule has 40 valence electrons. The minimum absolute atomic E-state index is 1.03. The van der Waals surface area contributed by atoms with E-state index in [2.05, 4.69) is 11.8 Å². The Bertz CT molecular complexity index is 81.8. The van der Waals surface area contributed by atoms with E-state index in [1.54, 1.807) is 11.9 Å². The third-order valence-corrected chi connectivity index (χ3v) is 1.42. The highest BCUT2D eigenvalue weighted by Crippen LogP contribution is 2.05. The summed E-state index contributed by atoms with van der Waals surface area (Å²) in [7, 11) is 0. The Labute approximate surface area is 47.7 Å². The lowest BCUT2D eigenvalue weighted by molar-refractivity contribution is 0.382. The van der Waals surface area contributed by atoms with Crippen LogP contribution in [0.5, 0.6) is 0 Å². The number of hydrazine groups is 1. The average molecular weight is 116 g/mol. The third kappa shape index (κ3) is 1.11. The molecule has 0 saturated carbocycles. The van der Waals surface area contributed by atoms with Crippen LogP contribution >= 0.6 is 11.9 Å². The van der Waals surface area contributed by atoms with E-state index in [0.717, 1.165) is 6.54 Å². The molecular weight excluding hydrogens is 108 g/mol. The second-order valence-electron chi connectivity index (χ2n) is 1.28. The smallest absolute Gasteiger partial charge is 0.0318 e. The first-order valence-electron chi connectivity index (χ1n) is 2.28. The van der Waals surface area contributed by atoms with E-state index in [9.17, 15) is 0 Å². The first-order chi connectivity index (χ1) is 3.43. The van der Waals surface area contributed by atoms with Crippen molar-refractivity contribution in [2.45, 2.75) is 6.92 Å². The molecule has 7 heavy (non-hydrogen) atoms. The lowest BCUT2D eigenvalue weighted by Crippen LogP contribution is -2.22. The Hall–Kier alpha value is -0.150. The molecule has 0 saturated heterocycles. The zero-order valence-electron chi connectivity index (χ0n) is 4.22. The van der Waals surface area contributed by atoms with Crippen LogP contribution in [0.3, 0.4) is 0 Å². The summed E-state index contributed by atoms with van der Waals surface area (Å²) in [6, 6.07) is 0. The van der Waals surface area contributed by atoms with Crippen LogP contribution in [0.2, 0.25) is 0 Å². The van der Waals surface area contributed by atoms with Gasteiger partial charge in [0.05, 0.1) is 0 Å². The molecule has 0 radical (unpaired) electrons. The van der Waals surface area contributed by atoms with Crippen molar-refractivity contribution in [2.75, 3.05) is 6.54 Å². The summed E-state index contributed by atoms with van der Waals surface area (Å²) in [4.78, 5) is 3.05. The van der Waals surface area contributed by atoms with Gasteiger partial charge in [0.25, 0.3) is 0 Å². The van der Waals surface area contributed by atoms with Crippen LogP contribution < -0.4 is 4.83 Å². The van der Waals surface area contributed by atoms with Crippen LogP contribution in [0.15, 0.2) is 11.6 Å². The van der Waals surface area contributed by atoms with Gasteiger partial charge in [-0.15, -0.1) is 0 Å². The van der Waals surface area contributed by atoms with Gasteiger partial charge in [-0.3, -0.25) is 0 Å². The zero-order chi connectivity index (χ0) is 5.11. The van der Waals surface area contributed by atoms with Crippen LogP contribution in [0.1, 0.15) is 6.92 Å². The highest BCUT2D eigenvalue weighted by atomic mass is 32.2. The average Bonchev–Trinajstić information content (AvgIpc) is 2.14. The molecule has 2 nitrogen and oxygen atoms in total. The molecule has 0 aromatic carbocycles. The van der Waals surface area contributed by atoms with Gasteiger partial charge < -0.3 is 5.01 Å². The maximum Gasteiger partial charge on any atom is 0.0318 e. The maximum absolute atomic E-state index is 3.05. The lowest BCUT2D eigenvalue weighted by Gasteiger charge is -2.09. The fourth-order valence-electron chi connectivity index (χ4n) is 0.402. The van der Waals surface area contributed by atoms with Gasteiger partial charge in [0.1, 0.15) is 0 Å². The lowest BCUT2D eigenvalue weighted by atomic mass is 10.7. The van der Waals surface area contributed by atoms with Crippen molar-refractivity contribution in [3.63, 3.8) is 0 Å². The van der Waals surface area contributed by atoms with Gasteiger partial charge in [-0.1, -0.05) is 0 Å². The van der Waals surface area contributed by atoms with E-state index in [1.807, 2.05) is 16.6 Å². The Kier molecular flexibility index (Phi) is 1.59. The van der Waals surface area contributed by atoms with Crippen LogP contribution in [0.25, 0.3) is 0 Å². The molecule has 1 heterocycles.